The summed E-state index contributed by atoms with van der Waals surface area (Å²) in [5, 5.41) is 34.5. The molecule has 0 unspecified atom stereocenters. The van der Waals surface area contributed by atoms with Crippen molar-refractivity contribution < 1.29 is 28.3 Å². The minimum Gasteiger partial charge on any atom is -0.343 e. The summed E-state index contributed by atoms with van der Waals surface area (Å²) in [4.78, 5) is 50.7. The van der Waals surface area contributed by atoms with E-state index in [1.54, 1.807) is 49.9 Å². The summed E-state index contributed by atoms with van der Waals surface area (Å²) in [7, 11) is 3.31. The first-order valence-corrected chi connectivity index (χ1v) is 17.8. The van der Waals surface area contributed by atoms with Crippen molar-refractivity contribution in [2.24, 2.45) is 13.0 Å². The molecule has 0 spiro atoms. The Morgan fingerprint density at radius 2 is 1.77 bits per heavy atom. The highest BCUT2D eigenvalue weighted by Gasteiger charge is 2.29. The van der Waals surface area contributed by atoms with E-state index in [0.717, 1.165) is 54.6 Å². The summed E-state index contributed by atoms with van der Waals surface area (Å²) in [5.74, 6) is -1.96. The van der Waals surface area contributed by atoms with Gasteiger partial charge in [0.1, 0.15) is 12.6 Å². The first-order chi connectivity index (χ1) is 24.8. The molecule has 52 heavy (non-hydrogen) atoms. The number of halogens is 1. The Hall–Kier alpha value is -5.29. The zero-order valence-electron chi connectivity index (χ0n) is 29.6. The van der Waals surface area contributed by atoms with Gasteiger partial charge in [-0.25, -0.2) is 19.4 Å². The number of rotatable bonds is 14. The molecule has 1 aliphatic carbocycles. The van der Waals surface area contributed by atoms with Crippen molar-refractivity contribution in [2.45, 2.75) is 81.1 Å². The second-order valence-electron chi connectivity index (χ2n) is 13.1. The van der Waals surface area contributed by atoms with Gasteiger partial charge in [0.05, 0.1) is 22.7 Å². The number of anilines is 2. The first-order valence-electron chi connectivity index (χ1n) is 16.9. The number of pyridine rings is 1. The molecule has 3 amide bonds. The van der Waals surface area contributed by atoms with Gasteiger partial charge in [0, 0.05) is 29.8 Å². The van der Waals surface area contributed by atoms with Crippen LogP contribution in [0, 0.1) is 21.8 Å². The number of nitrogens with one attached hydrogen (secondary N) is 4. The molecule has 0 aliphatic heterocycles. The molecule has 5 rings (SSSR count). The molecule has 4 N–H and O–H groups in total. The molecule has 274 valence electrons. The standard InChI is InChI=1S/C35H41FN10O5S/c1-20(2)30(37-4)34(49)38-21(3)32(47)39-25-12-10-22(11-13-25)18-45-19-24(23-8-6-7-9-23)16-28(36)31(45)40-33(48)27-17-26(46(50)51)14-15-29(27)52-35-41-42-43-44(35)5/h10-17,19-21,23,30,37H,6-9,18H2,1-5H3,(H2,38,39,47,49)/p+1/t21-,30-/m0/s1. The highest BCUT2D eigenvalue weighted by molar-refractivity contribution is 7.99. The number of aromatic nitrogens is 5. The number of nitrogens with zero attached hydrogens (tertiary/aromatic N) is 6. The van der Waals surface area contributed by atoms with Crippen LogP contribution in [0.25, 0.3) is 0 Å². The van der Waals surface area contributed by atoms with Crippen molar-refractivity contribution in [2.75, 3.05) is 17.7 Å². The van der Waals surface area contributed by atoms with Crippen LogP contribution in [-0.2, 0) is 23.2 Å². The summed E-state index contributed by atoms with van der Waals surface area (Å²) < 4.78 is 19.1. The number of carbonyl (C=O) groups is 3. The second kappa shape index (κ2) is 16.8. The number of non-ortho nitro benzene ring substituents is 1. The summed E-state index contributed by atoms with van der Waals surface area (Å²) in [6, 6.07) is 11.0. The molecule has 0 bridgehead atoms. The summed E-state index contributed by atoms with van der Waals surface area (Å²) in [6.07, 6.45) is 5.77. The minimum atomic E-state index is -0.785. The van der Waals surface area contributed by atoms with E-state index in [9.17, 15) is 24.5 Å². The van der Waals surface area contributed by atoms with Crippen molar-refractivity contribution in [3.63, 3.8) is 0 Å². The average molecular weight is 734 g/mol. The maximum Gasteiger partial charge on any atom is 0.340 e. The lowest BCUT2D eigenvalue weighted by molar-refractivity contribution is -0.675. The summed E-state index contributed by atoms with van der Waals surface area (Å²) in [6.45, 7) is 5.59. The number of carbonyl (C=O) groups excluding carboxylic acids is 3. The molecule has 2 aromatic carbocycles. The van der Waals surface area contributed by atoms with Crippen LogP contribution < -0.4 is 25.8 Å². The monoisotopic (exact) mass is 733 g/mol. The van der Waals surface area contributed by atoms with E-state index in [0.29, 0.717) is 15.7 Å². The first kappa shape index (κ1) is 38.0. The Morgan fingerprint density at radius 1 is 1.06 bits per heavy atom. The second-order valence-corrected chi connectivity index (χ2v) is 14.1. The highest BCUT2D eigenvalue weighted by Crippen LogP contribution is 2.35. The fourth-order valence-corrected chi connectivity index (χ4v) is 6.97. The Labute approximate surface area is 304 Å². The number of nitro groups is 1. The Balaban J connectivity index is 1.38. The topological polar surface area (TPSA) is 190 Å². The highest BCUT2D eigenvalue weighted by atomic mass is 32.2. The fraction of sp³-hybridized carbons (Fsp3) is 0.400. The van der Waals surface area contributed by atoms with E-state index >= 15 is 4.39 Å². The molecule has 1 fully saturated rings. The molecule has 17 heteroatoms. The molecular formula is C35H42FN10O5S+. The van der Waals surface area contributed by atoms with Crippen molar-refractivity contribution >= 4 is 46.7 Å². The van der Waals surface area contributed by atoms with E-state index in [1.807, 2.05) is 20.0 Å². The van der Waals surface area contributed by atoms with Gasteiger partial charge in [-0.2, -0.15) is 4.39 Å². The van der Waals surface area contributed by atoms with Gasteiger partial charge < -0.3 is 16.0 Å². The van der Waals surface area contributed by atoms with Crippen LogP contribution in [0.3, 0.4) is 0 Å². The molecule has 15 nitrogen and oxygen atoms in total. The van der Waals surface area contributed by atoms with Gasteiger partial charge >= 0.3 is 11.7 Å². The van der Waals surface area contributed by atoms with Gasteiger partial charge in [0.15, 0.2) is 0 Å². The number of benzene rings is 2. The normalized spacial score (nSPS) is 14.2. The average Bonchev–Trinajstić information content (AvgIpc) is 3.79. The summed E-state index contributed by atoms with van der Waals surface area (Å²) >= 11 is 1.04. The molecule has 0 saturated heterocycles. The maximum atomic E-state index is 16.0. The molecule has 2 atom stereocenters. The number of amides is 3. The Kier molecular flexibility index (Phi) is 12.3. The molecular weight excluding hydrogens is 692 g/mol. The van der Waals surface area contributed by atoms with Crippen molar-refractivity contribution in [3.05, 3.63) is 87.3 Å². The van der Waals surface area contributed by atoms with Gasteiger partial charge in [-0.3, -0.25) is 19.7 Å². The van der Waals surface area contributed by atoms with Gasteiger partial charge in [-0.1, -0.05) is 38.8 Å². The van der Waals surface area contributed by atoms with Crippen LogP contribution >= 0.6 is 11.8 Å². The Morgan fingerprint density at radius 3 is 2.38 bits per heavy atom. The van der Waals surface area contributed by atoms with Gasteiger partial charge in [-0.15, -0.1) is 5.10 Å². The van der Waals surface area contributed by atoms with E-state index in [4.69, 9.17) is 0 Å². The molecule has 0 radical (unpaired) electrons. The van der Waals surface area contributed by atoms with Gasteiger partial charge in [-0.05, 0) is 96.2 Å². The zero-order valence-corrected chi connectivity index (χ0v) is 30.4. The molecule has 1 saturated carbocycles. The SMILES string of the molecule is CN[C@H](C(=O)N[C@@H](C)C(=O)Nc1ccc(C[n+]2cc(C3CCCC3)cc(F)c2NC(=O)c2cc([N+](=O)[O-])ccc2Sc2nnnn2C)cc1)C(C)C. The fourth-order valence-electron chi connectivity index (χ4n) is 6.13. The number of tetrazole rings is 1. The predicted molar refractivity (Wildman–Crippen MR) is 191 cm³/mol. The van der Waals surface area contributed by atoms with Crippen LogP contribution in [-0.4, -0.2) is 62.0 Å². The third-order valence-corrected chi connectivity index (χ3v) is 10.1. The molecule has 4 aromatic rings. The summed E-state index contributed by atoms with van der Waals surface area (Å²) in [5.41, 5.74) is 1.70. The van der Waals surface area contributed by atoms with Crippen LogP contribution in [0.5, 0.6) is 0 Å². The largest absolute Gasteiger partial charge is 0.343 e. The lowest BCUT2D eigenvalue weighted by Gasteiger charge is -2.22. The number of aryl methyl sites for hydroxylation is 1. The van der Waals surface area contributed by atoms with E-state index in [2.05, 4.69) is 36.8 Å². The number of nitro benzene ring substituents is 1. The molecule has 2 aromatic heterocycles. The van der Waals surface area contributed by atoms with Crippen LogP contribution in [0.1, 0.15) is 73.9 Å². The number of hydrogen-bond donors (Lipinski definition) is 4. The Bertz CT molecular complexity index is 1950. The van der Waals surface area contributed by atoms with Crippen LogP contribution in [0.4, 0.5) is 21.6 Å². The lowest BCUT2D eigenvalue weighted by Crippen LogP contribution is -2.51. The van der Waals surface area contributed by atoms with E-state index in [1.165, 1.54) is 22.9 Å². The number of hydrogen-bond acceptors (Lipinski definition) is 10. The lowest BCUT2D eigenvalue weighted by atomic mass is 9.99. The molecule has 1 aliphatic rings. The maximum absolute atomic E-state index is 16.0. The van der Waals surface area contributed by atoms with Gasteiger partial charge in [0.25, 0.3) is 5.69 Å². The van der Waals surface area contributed by atoms with Gasteiger partial charge in [0.2, 0.25) is 22.8 Å². The predicted octanol–water partition coefficient (Wildman–Crippen LogP) is 4.34. The van der Waals surface area contributed by atoms with Crippen molar-refractivity contribution in [3.8, 4) is 0 Å². The van der Waals surface area contributed by atoms with Crippen molar-refractivity contribution in [1.82, 2.24) is 30.8 Å². The third kappa shape index (κ3) is 9.13. The van der Waals surface area contributed by atoms with E-state index < -0.39 is 28.7 Å². The van der Waals surface area contributed by atoms with Crippen LogP contribution in [0.2, 0.25) is 0 Å². The third-order valence-electron chi connectivity index (χ3n) is 8.96. The quantitative estimate of drug-likeness (QED) is 0.0824. The van der Waals surface area contributed by atoms with Crippen molar-refractivity contribution in [1.29, 1.82) is 0 Å². The van der Waals surface area contributed by atoms with Crippen LogP contribution in [0.15, 0.2) is 64.8 Å². The minimum absolute atomic E-state index is 0.0377. The smallest absolute Gasteiger partial charge is 0.340 e. The van der Waals surface area contributed by atoms with E-state index in [-0.39, 0.29) is 47.3 Å². The number of likely N-dealkylation sites (N-methyl/N-ethyl adjacent to an activating group) is 1. The molecule has 2 heterocycles. The zero-order chi connectivity index (χ0) is 37.5.